The molecule has 0 aliphatic carbocycles. The van der Waals surface area contributed by atoms with Gasteiger partial charge in [0.05, 0.1) is 6.07 Å². The van der Waals surface area contributed by atoms with Crippen molar-refractivity contribution in [2.45, 2.75) is 32.4 Å². The number of nitrogens with zero attached hydrogens (tertiary/aromatic N) is 1. The van der Waals surface area contributed by atoms with E-state index in [1.54, 1.807) is 0 Å². The van der Waals surface area contributed by atoms with Crippen molar-refractivity contribution >= 4 is 15.9 Å². The van der Waals surface area contributed by atoms with Crippen LogP contribution in [0.3, 0.4) is 0 Å². The molecule has 0 aliphatic rings. The Labute approximate surface area is 99.4 Å². The van der Waals surface area contributed by atoms with Crippen LogP contribution >= 0.6 is 15.9 Å². The van der Waals surface area contributed by atoms with Gasteiger partial charge in [-0.1, -0.05) is 28.1 Å². The fourth-order valence-electron chi connectivity index (χ4n) is 1.28. The first kappa shape index (κ1) is 12.2. The van der Waals surface area contributed by atoms with Gasteiger partial charge in [-0.2, -0.15) is 5.26 Å². The number of halogens is 1. The van der Waals surface area contributed by atoms with E-state index in [0.29, 0.717) is 0 Å². The van der Waals surface area contributed by atoms with E-state index >= 15 is 0 Å². The zero-order valence-corrected chi connectivity index (χ0v) is 10.8. The number of hydrogen-bond donors (Lipinski definition) is 1. The highest BCUT2D eigenvalue weighted by Gasteiger charge is 2.17. The smallest absolute Gasteiger partial charge is 0.121 e. The summed E-state index contributed by atoms with van der Waals surface area (Å²) < 4.78 is 1.03. The molecule has 0 heterocycles. The maximum Gasteiger partial charge on any atom is 0.121 e. The molecule has 1 unspecified atom stereocenters. The Morgan fingerprint density at radius 1 is 1.27 bits per heavy atom. The summed E-state index contributed by atoms with van der Waals surface area (Å²) in [6.45, 7) is 6.16. The lowest BCUT2D eigenvalue weighted by molar-refractivity contribution is 0.400. The third-order valence-electron chi connectivity index (χ3n) is 1.91. The minimum Gasteiger partial charge on any atom is -0.293 e. The van der Waals surface area contributed by atoms with Crippen molar-refractivity contribution in [3.8, 4) is 6.07 Å². The van der Waals surface area contributed by atoms with Crippen LogP contribution in [-0.2, 0) is 0 Å². The molecule has 0 aromatic heterocycles. The van der Waals surface area contributed by atoms with Crippen LogP contribution in [0.2, 0.25) is 0 Å². The normalized spacial score (nSPS) is 13.3. The van der Waals surface area contributed by atoms with E-state index in [0.717, 1.165) is 10.0 Å². The van der Waals surface area contributed by atoms with Gasteiger partial charge in [0.25, 0.3) is 0 Å². The first-order valence-corrected chi connectivity index (χ1v) is 5.64. The van der Waals surface area contributed by atoms with Gasteiger partial charge in [-0.25, -0.2) is 0 Å². The molecule has 0 radical (unpaired) electrons. The Kier molecular flexibility index (Phi) is 3.90. The standard InChI is InChI=1S/C12H15BrN2/c1-12(2,3)15-11(8-14)9-4-6-10(13)7-5-9/h4-7,11,15H,1-3H3. The summed E-state index contributed by atoms with van der Waals surface area (Å²) in [5, 5.41) is 12.4. The molecule has 0 aliphatic heterocycles. The fourth-order valence-corrected chi connectivity index (χ4v) is 1.54. The Balaban J connectivity index is 2.85. The second kappa shape index (κ2) is 4.78. The van der Waals surface area contributed by atoms with Gasteiger partial charge in [0.15, 0.2) is 0 Å². The van der Waals surface area contributed by atoms with Crippen molar-refractivity contribution in [1.29, 1.82) is 5.26 Å². The third-order valence-corrected chi connectivity index (χ3v) is 2.44. The van der Waals surface area contributed by atoms with Crippen molar-refractivity contribution in [2.75, 3.05) is 0 Å². The van der Waals surface area contributed by atoms with Crippen LogP contribution < -0.4 is 5.32 Å². The lowest BCUT2D eigenvalue weighted by Gasteiger charge is -2.24. The van der Waals surface area contributed by atoms with Crippen molar-refractivity contribution in [1.82, 2.24) is 5.32 Å². The minimum atomic E-state index is -0.252. The fraction of sp³-hybridized carbons (Fsp3) is 0.417. The largest absolute Gasteiger partial charge is 0.293 e. The van der Waals surface area contributed by atoms with Gasteiger partial charge in [0, 0.05) is 10.0 Å². The van der Waals surface area contributed by atoms with Crippen molar-refractivity contribution in [3.05, 3.63) is 34.3 Å². The molecule has 1 aromatic carbocycles. The van der Waals surface area contributed by atoms with E-state index in [1.165, 1.54) is 0 Å². The highest BCUT2D eigenvalue weighted by molar-refractivity contribution is 9.10. The molecule has 2 nitrogen and oxygen atoms in total. The summed E-state index contributed by atoms with van der Waals surface area (Å²) >= 11 is 3.37. The van der Waals surface area contributed by atoms with E-state index in [1.807, 2.05) is 24.3 Å². The maximum absolute atomic E-state index is 9.09. The number of nitrogens with one attached hydrogen (secondary N) is 1. The van der Waals surface area contributed by atoms with Gasteiger partial charge in [0.2, 0.25) is 0 Å². The van der Waals surface area contributed by atoms with Crippen LogP contribution in [0.4, 0.5) is 0 Å². The predicted molar refractivity (Wildman–Crippen MR) is 65.4 cm³/mol. The van der Waals surface area contributed by atoms with E-state index in [4.69, 9.17) is 5.26 Å². The molecular weight excluding hydrogens is 252 g/mol. The molecular formula is C12H15BrN2. The van der Waals surface area contributed by atoms with E-state index in [2.05, 4.69) is 48.1 Å². The SMILES string of the molecule is CC(C)(C)NC(C#N)c1ccc(Br)cc1. The highest BCUT2D eigenvalue weighted by Crippen LogP contribution is 2.18. The molecule has 0 bridgehead atoms. The van der Waals surface area contributed by atoms with Crippen molar-refractivity contribution in [3.63, 3.8) is 0 Å². The highest BCUT2D eigenvalue weighted by atomic mass is 79.9. The topological polar surface area (TPSA) is 35.8 Å². The molecule has 0 saturated heterocycles. The summed E-state index contributed by atoms with van der Waals surface area (Å²) in [7, 11) is 0. The summed E-state index contributed by atoms with van der Waals surface area (Å²) in [4.78, 5) is 0. The monoisotopic (exact) mass is 266 g/mol. The number of nitriles is 1. The van der Waals surface area contributed by atoms with Crippen LogP contribution in [0.5, 0.6) is 0 Å². The summed E-state index contributed by atoms with van der Waals surface area (Å²) in [5.41, 5.74) is 0.934. The molecule has 1 aromatic rings. The van der Waals surface area contributed by atoms with Crippen LogP contribution in [0, 0.1) is 11.3 Å². The van der Waals surface area contributed by atoms with Gasteiger partial charge in [0.1, 0.15) is 6.04 Å². The molecule has 0 amide bonds. The molecule has 15 heavy (non-hydrogen) atoms. The Bertz CT molecular complexity index is 357. The van der Waals surface area contributed by atoms with E-state index in [9.17, 15) is 0 Å². The van der Waals surface area contributed by atoms with Crippen LogP contribution in [0.1, 0.15) is 32.4 Å². The number of rotatable bonds is 2. The Morgan fingerprint density at radius 2 is 1.80 bits per heavy atom. The average Bonchev–Trinajstić information content (AvgIpc) is 2.14. The predicted octanol–water partition coefficient (Wildman–Crippen LogP) is 3.40. The first-order chi connectivity index (χ1) is 6.92. The molecule has 0 spiro atoms. The van der Waals surface area contributed by atoms with Crippen LogP contribution in [0.25, 0.3) is 0 Å². The summed E-state index contributed by atoms with van der Waals surface area (Å²) in [6.07, 6.45) is 0. The van der Waals surface area contributed by atoms with E-state index in [-0.39, 0.29) is 11.6 Å². The second-order valence-electron chi connectivity index (χ2n) is 4.51. The van der Waals surface area contributed by atoms with E-state index < -0.39 is 0 Å². The first-order valence-electron chi connectivity index (χ1n) is 4.85. The zero-order valence-electron chi connectivity index (χ0n) is 9.21. The molecule has 80 valence electrons. The quantitative estimate of drug-likeness (QED) is 0.891. The minimum absolute atomic E-state index is 0.0620. The summed E-state index contributed by atoms with van der Waals surface area (Å²) in [6, 6.07) is 9.82. The molecule has 0 fully saturated rings. The molecule has 3 heteroatoms. The summed E-state index contributed by atoms with van der Waals surface area (Å²) in [5.74, 6) is 0. The maximum atomic E-state index is 9.09. The van der Waals surface area contributed by atoms with Gasteiger partial charge < -0.3 is 0 Å². The third kappa shape index (κ3) is 4.03. The van der Waals surface area contributed by atoms with Gasteiger partial charge in [-0.3, -0.25) is 5.32 Å². The molecule has 1 rings (SSSR count). The van der Waals surface area contributed by atoms with Crippen molar-refractivity contribution in [2.24, 2.45) is 0 Å². The molecule has 1 atom stereocenters. The second-order valence-corrected chi connectivity index (χ2v) is 5.42. The van der Waals surface area contributed by atoms with Gasteiger partial charge >= 0.3 is 0 Å². The average molecular weight is 267 g/mol. The Hall–Kier alpha value is -0.850. The lowest BCUT2D eigenvalue weighted by Crippen LogP contribution is -2.38. The zero-order chi connectivity index (χ0) is 11.5. The number of benzene rings is 1. The van der Waals surface area contributed by atoms with Gasteiger partial charge in [-0.15, -0.1) is 0 Å². The Morgan fingerprint density at radius 3 is 2.20 bits per heavy atom. The van der Waals surface area contributed by atoms with Gasteiger partial charge in [-0.05, 0) is 38.5 Å². The van der Waals surface area contributed by atoms with Crippen LogP contribution in [-0.4, -0.2) is 5.54 Å². The van der Waals surface area contributed by atoms with Crippen molar-refractivity contribution < 1.29 is 0 Å². The van der Waals surface area contributed by atoms with Crippen LogP contribution in [0.15, 0.2) is 28.7 Å². The molecule has 1 N–H and O–H groups in total. The molecule has 0 saturated carbocycles. The lowest BCUT2D eigenvalue weighted by atomic mass is 10.0. The number of hydrogen-bond acceptors (Lipinski definition) is 2.